The second-order valence-corrected chi connectivity index (χ2v) is 3.29. The first-order valence-corrected chi connectivity index (χ1v) is 4.07. The Balaban J connectivity index is 2.59. The molecule has 0 atom stereocenters. The third-order valence-electron chi connectivity index (χ3n) is 1.29. The summed E-state index contributed by atoms with van der Waals surface area (Å²) >= 11 is 1.75. The number of aryl methyl sites for hydroxylation is 1. The highest BCUT2D eigenvalue weighted by Gasteiger charge is 1.96. The van der Waals surface area contributed by atoms with Crippen molar-refractivity contribution in [3.8, 4) is 0 Å². The molecule has 10 heavy (non-hydrogen) atoms. The van der Waals surface area contributed by atoms with Crippen molar-refractivity contribution < 1.29 is 4.84 Å². The molecule has 2 nitrogen and oxygen atoms in total. The summed E-state index contributed by atoms with van der Waals surface area (Å²) in [6.45, 7) is 2.67. The fourth-order valence-electron chi connectivity index (χ4n) is 0.772. The highest BCUT2D eigenvalue weighted by atomic mass is 32.1. The van der Waals surface area contributed by atoms with Crippen molar-refractivity contribution in [2.45, 2.75) is 20.0 Å². The molecule has 0 bridgehead atoms. The SMILES string of the molecule is CCc1ccc(CON)s1. The van der Waals surface area contributed by atoms with Gasteiger partial charge in [-0.1, -0.05) is 6.92 Å². The molecule has 1 rings (SSSR count). The lowest BCUT2D eigenvalue weighted by molar-refractivity contribution is 0.126. The second-order valence-electron chi connectivity index (χ2n) is 2.03. The zero-order valence-electron chi connectivity index (χ0n) is 5.96. The molecular weight excluding hydrogens is 146 g/mol. The minimum atomic E-state index is 0.532. The minimum absolute atomic E-state index is 0.532. The summed E-state index contributed by atoms with van der Waals surface area (Å²) in [6.07, 6.45) is 1.09. The molecule has 0 saturated heterocycles. The summed E-state index contributed by atoms with van der Waals surface area (Å²) in [5, 5.41) is 0. The molecule has 0 saturated carbocycles. The van der Waals surface area contributed by atoms with Gasteiger partial charge in [-0.05, 0) is 18.6 Å². The van der Waals surface area contributed by atoms with Gasteiger partial charge in [0, 0.05) is 9.75 Å². The van der Waals surface area contributed by atoms with Gasteiger partial charge in [-0.25, -0.2) is 5.90 Å². The van der Waals surface area contributed by atoms with Crippen LogP contribution >= 0.6 is 11.3 Å². The van der Waals surface area contributed by atoms with Gasteiger partial charge < -0.3 is 0 Å². The van der Waals surface area contributed by atoms with E-state index in [0.29, 0.717) is 6.61 Å². The molecule has 0 unspecified atom stereocenters. The van der Waals surface area contributed by atoms with Crippen LogP contribution in [0.25, 0.3) is 0 Å². The summed E-state index contributed by atoms with van der Waals surface area (Å²) in [7, 11) is 0. The number of hydrogen-bond acceptors (Lipinski definition) is 3. The maximum atomic E-state index is 4.92. The molecule has 56 valence electrons. The van der Waals surface area contributed by atoms with E-state index in [0.717, 1.165) is 6.42 Å². The van der Waals surface area contributed by atoms with Crippen molar-refractivity contribution in [1.82, 2.24) is 0 Å². The van der Waals surface area contributed by atoms with Gasteiger partial charge in [0.2, 0.25) is 0 Å². The number of hydrogen-bond donors (Lipinski definition) is 1. The second kappa shape index (κ2) is 3.71. The summed E-state index contributed by atoms with van der Waals surface area (Å²) in [4.78, 5) is 7.07. The van der Waals surface area contributed by atoms with Crippen LogP contribution in [0.4, 0.5) is 0 Å². The van der Waals surface area contributed by atoms with Crippen LogP contribution in [0.15, 0.2) is 12.1 Å². The van der Waals surface area contributed by atoms with E-state index in [1.165, 1.54) is 9.75 Å². The first-order chi connectivity index (χ1) is 4.86. The Labute approximate surface area is 64.6 Å². The van der Waals surface area contributed by atoms with Crippen molar-refractivity contribution in [1.29, 1.82) is 0 Å². The third-order valence-corrected chi connectivity index (χ3v) is 2.49. The van der Waals surface area contributed by atoms with Crippen molar-refractivity contribution in [3.63, 3.8) is 0 Å². The molecule has 1 heterocycles. The molecule has 0 spiro atoms. The fourth-order valence-corrected chi connectivity index (χ4v) is 1.65. The zero-order chi connectivity index (χ0) is 7.40. The van der Waals surface area contributed by atoms with Gasteiger partial charge in [-0.2, -0.15) is 0 Å². The number of thiophene rings is 1. The smallest absolute Gasteiger partial charge is 0.102 e. The molecule has 0 aliphatic heterocycles. The average molecular weight is 157 g/mol. The van der Waals surface area contributed by atoms with E-state index >= 15 is 0 Å². The predicted octanol–water partition coefficient (Wildman–Crippen LogP) is 1.70. The Morgan fingerprint density at radius 1 is 1.50 bits per heavy atom. The van der Waals surface area contributed by atoms with Gasteiger partial charge in [0.15, 0.2) is 0 Å². The van der Waals surface area contributed by atoms with Crippen molar-refractivity contribution >= 4 is 11.3 Å². The summed E-state index contributed by atoms with van der Waals surface area (Å²) < 4.78 is 0. The molecule has 2 N–H and O–H groups in total. The molecule has 0 aliphatic rings. The monoisotopic (exact) mass is 157 g/mol. The molecular formula is C7H11NOS. The summed E-state index contributed by atoms with van der Waals surface area (Å²) in [5.74, 6) is 4.92. The molecule has 0 amide bonds. The lowest BCUT2D eigenvalue weighted by atomic mass is 10.4. The van der Waals surface area contributed by atoms with E-state index in [2.05, 4.69) is 23.9 Å². The topological polar surface area (TPSA) is 35.2 Å². The number of nitrogens with two attached hydrogens (primary N) is 1. The Kier molecular flexibility index (Phi) is 2.86. The van der Waals surface area contributed by atoms with Crippen LogP contribution in [-0.2, 0) is 17.9 Å². The summed E-state index contributed by atoms with van der Waals surface area (Å²) in [6, 6.07) is 4.16. The standard InChI is InChI=1S/C7H11NOS/c1-2-6-3-4-7(10-6)5-9-8/h3-4H,2,5,8H2,1H3. The van der Waals surface area contributed by atoms with Crippen LogP contribution in [0.2, 0.25) is 0 Å². The predicted molar refractivity (Wildman–Crippen MR) is 42.7 cm³/mol. The highest BCUT2D eigenvalue weighted by molar-refractivity contribution is 7.11. The zero-order valence-corrected chi connectivity index (χ0v) is 6.78. The Bertz CT molecular complexity index is 197. The van der Waals surface area contributed by atoms with Crippen LogP contribution in [0, 0.1) is 0 Å². The minimum Gasteiger partial charge on any atom is -0.299 e. The maximum Gasteiger partial charge on any atom is 0.102 e. The first-order valence-electron chi connectivity index (χ1n) is 3.26. The third kappa shape index (κ3) is 1.80. The first kappa shape index (κ1) is 7.72. The molecule has 3 heteroatoms. The van der Waals surface area contributed by atoms with Gasteiger partial charge in [0.1, 0.15) is 6.61 Å². The Morgan fingerprint density at radius 3 is 2.70 bits per heavy atom. The van der Waals surface area contributed by atoms with Crippen LogP contribution in [0.3, 0.4) is 0 Å². The van der Waals surface area contributed by atoms with Gasteiger partial charge in [0.25, 0.3) is 0 Å². The molecule has 1 aromatic heterocycles. The molecule has 0 fully saturated rings. The van der Waals surface area contributed by atoms with Crippen LogP contribution in [0.5, 0.6) is 0 Å². The van der Waals surface area contributed by atoms with Gasteiger partial charge in [0.05, 0.1) is 0 Å². The molecule has 0 radical (unpaired) electrons. The van der Waals surface area contributed by atoms with Gasteiger partial charge in [-0.15, -0.1) is 11.3 Å². The maximum absolute atomic E-state index is 4.92. The van der Waals surface area contributed by atoms with Gasteiger partial charge in [-0.3, -0.25) is 4.84 Å². The molecule has 0 aliphatic carbocycles. The normalized spacial score (nSPS) is 10.2. The van der Waals surface area contributed by atoms with E-state index in [4.69, 9.17) is 5.90 Å². The lowest BCUT2D eigenvalue weighted by Crippen LogP contribution is -1.96. The fraction of sp³-hybridized carbons (Fsp3) is 0.429. The van der Waals surface area contributed by atoms with Crippen molar-refractivity contribution in [2.24, 2.45) is 5.90 Å². The largest absolute Gasteiger partial charge is 0.299 e. The van der Waals surface area contributed by atoms with Crippen molar-refractivity contribution in [2.75, 3.05) is 0 Å². The number of rotatable bonds is 3. The molecule has 0 aromatic carbocycles. The lowest BCUT2D eigenvalue weighted by Gasteiger charge is -1.90. The van der Waals surface area contributed by atoms with Crippen LogP contribution in [-0.4, -0.2) is 0 Å². The molecule has 1 aromatic rings. The van der Waals surface area contributed by atoms with E-state index in [1.54, 1.807) is 11.3 Å². The van der Waals surface area contributed by atoms with Crippen LogP contribution in [0.1, 0.15) is 16.7 Å². The van der Waals surface area contributed by atoms with E-state index in [1.807, 2.05) is 0 Å². The average Bonchev–Trinajstić information content (AvgIpc) is 2.37. The van der Waals surface area contributed by atoms with E-state index in [-0.39, 0.29) is 0 Å². The van der Waals surface area contributed by atoms with Crippen LogP contribution < -0.4 is 5.90 Å². The highest BCUT2D eigenvalue weighted by Crippen LogP contribution is 2.16. The quantitative estimate of drug-likeness (QED) is 0.678. The van der Waals surface area contributed by atoms with Gasteiger partial charge >= 0.3 is 0 Å². The summed E-state index contributed by atoms with van der Waals surface area (Å²) in [5.41, 5.74) is 0. The van der Waals surface area contributed by atoms with E-state index < -0.39 is 0 Å². The van der Waals surface area contributed by atoms with Crippen molar-refractivity contribution in [3.05, 3.63) is 21.9 Å². The van der Waals surface area contributed by atoms with E-state index in [9.17, 15) is 0 Å². The Hall–Kier alpha value is -0.380. The Morgan fingerprint density at radius 2 is 2.20 bits per heavy atom.